The molecule has 1 saturated carbocycles. The van der Waals surface area contributed by atoms with Gasteiger partial charge in [0.05, 0.1) is 12.6 Å². The van der Waals surface area contributed by atoms with Gasteiger partial charge in [-0.1, -0.05) is 18.8 Å². The third-order valence-corrected chi connectivity index (χ3v) is 4.44. The van der Waals surface area contributed by atoms with Crippen LogP contribution in [-0.2, 0) is 0 Å². The van der Waals surface area contributed by atoms with Crippen LogP contribution in [0.15, 0.2) is 0 Å². The molecule has 0 amide bonds. The Hall–Kier alpha value is -0.560. The summed E-state index contributed by atoms with van der Waals surface area (Å²) in [4.78, 5) is 2.34. The molecule has 0 aromatic carbocycles. The normalized spacial score (nSPS) is 31.1. The standard InChI is InChI=1S/C15H26N2O/c1-2-9-17-10-7-14(8-11-17)16-12-13-5-3-4-6-15(13)18/h1,13-16,18H,3-12H2. The van der Waals surface area contributed by atoms with Crippen molar-refractivity contribution < 1.29 is 5.11 Å². The second-order valence-corrected chi connectivity index (χ2v) is 5.77. The van der Waals surface area contributed by atoms with E-state index in [1.54, 1.807) is 0 Å². The maximum Gasteiger partial charge on any atom is 0.0598 e. The van der Waals surface area contributed by atoms with E-state index in [0.29, 0.717) is 12.0 Å². The molecule has 0 spiro atoms. The minimum absolute atomic E-state index is 0.0761. The number of nitrogens with one attached hydrogen (secondary N) is 1. The number of aliphatic hydroxyl groups excluding tert-OH is 1. The van der Waals surface area contributed by atoms with Crippen LogP contribution in [0, 0.1) is 18.3 Å². The first-order valence-electron chi connectivity index (χ1n) is 7.37. The number of likely N-dealkylation sites (tertiary alicyclic amines) is 1. The summed E-state index contributed by atoms with van der Waals surface area (Å²) in [6.07, 6.45) is 12.3. The molecule has 2 fully saturated rings. The molecule has 3 nitrogen and oxygen atoms in total. The van der Waals surface area contributed by atoms with Crippen LogP contribution >= 0.6 is 0 Å². The van der Waals surface area contributed by atoms with Crippen molar-refractivity contribution in [3.8, 4) is 12.3 Å². The van der Waals surface area contributed by atoms with Crippen LogP contribution in [0.1, 0.15) is 38.5 Å². The Labute approximate surface area is 111 Å². The van der Waals surface area contributed by atoms with E-state index in [2.05, 4.69) is 16.1 Å². The van der Waals surface area contributed by atoms with Crippen molar-refractivity contribution in [2.24, 2.45) is 5.92 Å². The lowest BCUT2D eigenvalue weighted by atomic mass is 9.86. The van der Waals surface area contributed by atoms with Gasteiger partial charge >= 0.3 is 0 Å². The second-order valence-electron chi connectivity index (χ2n) is 5.77. The van der Waals surface area contributed by atoms with Gasteiger partial charge in [0, 0.05) is 25.7 Å². The molecular weight excluding hydrogens is 224 g/mol. The fourth-order valence-corrected chi connectivity index (χ4v) is 3.17. The van der Waals surface area contributed by atoms with E-state index < -0.39 is 0 Å². The van der Waals surface area contributed by atoms with Gasteiger partial charge in [0.1, 0.15) is 0 Å². The maximum atomic E-state index is 9.94. The number of rotatable bonds is 4. The molecule has 0 bridgehead atoms. The third kappa shape index (κ3) is 3.98. The summed E-state index contributed by atoms with van der Waals surface area (Å²) in [6.45, 7) is 3.99. The van der Waals surface area contributed by atoms with E-state index in [1.807, 2.05) is 0 Å². The van der Waals surface area contributed by atoms with Crippen LogP contribution in [0.3, 0.4) is 0 Å². The predicted molar refractivity (Wildman–Crippen MR) is 74.3 cm³/mol. The molecule has 18 heavy (non-hydrogen) atoms. The molecule has 3 heteroatoms. The van der Waals surface area contributed by atoms with Crippen molar-refractivity contribution in [2.75, 3.05) is 26.2 Å². The van der Waals surface area contributed by atoms with Gasteiger partial charge in [-0.05, 0) is 31.6 Å². The number of terminal acetylenes is 1. The highest BCUT2D eigenvalue weighted by molar-refractivity contribution is 4.90. The van der Waals surface area contributed by atoms with Crippen LogP contribution in [0.25, 0.3) is 0 Å². The number of hydrogen-bond acceptors (Lipinski definition) is 3. The molecule has 102 valence electrons. The molecule has 1 heterocycles. The molecule has 1 aliphatic heterocycles. The van der Waals surface area contributed by atoms with Gasteiger partial charge in [-0.2, -0.15) is 0 Å². The van der Waals surface area contributed by atoms with Crippen LogP contribution in [0.5, 0.6) is 0 Å². The Morgan fingerprint density at radius 1 is 1.17 bits per heavy atom. The third-order valence-electron chi connectivity index (χ3n) is 4.44. The van der Waals surface area contributed by atoms with E-state index >= 15 is 0 Å². The summed E-state index contributed by atoms with van der Waals surface area (Å²) >= 11 is 0. The Balaban J connectivity index is 1.64. The van der Waals surface area contributed by atoms with E-state index in [1.165, 1.54) is 32.1 Å². The summed E-state index contributed by atoms with van der Waals surface area (Å²) in [5.74, 6) is 3.19. The minimum Gasteiger partial charge on any atom is -0.393 e. The van der Waals surface area contributed by atoms with Gasteiger partial charge in [-0.3, -0.25) is 4.90 Å². The molecule has 2 unspecified atom stereocenters. The SMILES string of the molecule is C#CCN1CCC(NCC2CCCCC2O)CC1. The fourth-order valence-electron chi connectivity index (χ4n) is 3.17. The molecule has 1 aliphatic carbocycles. The number of aliphatic hydroxyl groups is 1. The molecule has 2 aliphatic rings. The minimum atomic E-state index is -0.0761. The van der Waals surface area contributed by atoms with Crippen molar-refractivity contribution >= 4 is 0 Å². The van der Waals surface area contributed by atoms with Gasteiger partial charge < -0.3 is 10.4 Å². The lowest BCUT2D eigenvalue weighted by molar-refractivity contribution is 0.0662. The fraction of sp³-hybridized carbons (Fsp3) is 0.867. The topological polar surface area (TPSA) is 35.5 Å². The van der Waals surface area contributed by atoms with Gasteiger partial charge in [0.2, 0.25) is 0 Å². The summed E-state index contributed by atoms with van der Waals surface area (Å²) in [5.41, 5.74) is 0. The smallest absolute Gasteiger partial charge is 0.0598 e. The van der Waals surface area contributed by atoms with Crippen molar-refractivity contribution in [3.63, 3.8) is 0 Å². The lowest BCUT2D eigenvalue weighted by Crippen LogP contribution is -2.45. The molecular formula is C15H26N2O. The van der Waals surface area contributed by atoms with Crippen molar-refractivity contribution in [1.82, 2.24) is 10.2 Å². The van der Waals surface area contributed by atoms with E-state index in [-0.39, 0.29) is 6.10 Å². The average molecular weight is 250 g/mol. The highest BCUT2D eigenvalue weighted by Gasteiger charge is 2.24. The zero-order chi connectivity index (χ0) is 12.8. The molecule has 0 radical (unpaired) electrons. The molecule has 0 aromatic rings. The first-order chi connectivity index (χ1) is 8.79. The maximum absolute atomic E-state index is 9.94. The summed E-state index contributed by atoms with van der Waals surface area (Å²) < 4.78 is 0. The van der Waals surface area contributed by atoms with Crippen LogP contribution < -0.4 is 5.32 Å². The Bertz CT molecular complexity index is 279. The van der Waals surface area contributed by atoms with Gasteiger partial charge in [-0.15, -0.1) is 6.42 Å². The zero-order valence-corrected chi connectivity index (χ0v) is 11.3. The zero-order valence-electron chi connectivity index (χ0n) is 11.3. The molecule has 2 rings (SSSR count). The monoisotopic (exact) mass is 250 g/mol. The van der Waals surface area contributed by atoms with Crippen molar-refractivity contribution in [2.45, 2.75) is 50.7 Å². The van der Waals surface area contributed by atoms with Crippen LogP contribution in [0.4, 0.5) is 0 Å². The first kappa shape index (κ1) is 13.9. The van der Waals surface area contributed by atoms with Gasteiger partial charge in [0.15, 0.2) is 0 Å². The van der Waals surface area contributed by atoms with E-state index in [9.17, 15) is 5.11 Å². The highest BCUT2D eigenvalue weighted by Crippen LogP contribution is 2.24. The molecule has 1 saturated heterocycles. The predicted octanol–water partition coefficient (Wildman–Crippen LogP) is 1.22. The van der Waals surface area contributed by atoms with Gasteiger partial charge in [0.25, 0.3) is 0 Å². The number of piperidine rings is 1. The lowest BCUT2D eigenvalue weighted by Gasteiger charge is -2.34. The molecule has 2 atom stereocenters. The first-order valence-corrected chi connectivity index (χ1v) is 7.37. The molecule has 2 N–H and O–H groups in total. The Morgan fingerprint density at radius 2 is 1.89 bits per heavy atom. The van der Waals surface area contributed by atoms with Crippen LogP contribution in [0.2, 0.25) is 0 Å². The largest absolute Gasteiger partial charge is 0.393 e. The number of hydrogen-bond donors (Lipinski definition) is 2. The average Bonchev–Trinajstić information content (AvgIpc) is 2.40. The van der Waals surface area contributed by atoms with Crippen molar-refractivity contribution in [1.29, 1.82) is 0 Å². The van der Waals surface area contributed by atoms with Gasteiger partial charge in [-0.25, -0.2) is 0 Å². The van der Waals surface area contributed by atoms with Crippen LogP contribution in [-0.4, -0.2) is 48.3 Å². The van der Waals surface area contributed by atoms with E-state index in [0.717, 1.165) is 32.6 Å². The summed E-state index contributed by atoms with van der Waals surface area (Å²) in [5, 5.41) is 13.6. The summed E-state index contributed by atoms with van der Waals surface area (Å²) in [6, 6.07) is 0.619. The quantitative estimate of drug-likeness (QED) is 0.737. The number of nitrogens with zero attached hydrogens (tertiary/aromatic N) is 1. The highest BCUT2D eigenvalue weighted by atomic mass is 16.3. The Morgan fingerprint density at radius 3 is 2.56 bits per heavy atom. The van der Waals surface area contributed by atoms with E-state index in [4.69, 9.17) is 6.42 Å². The summed E-state index contributed by atoms with van der Waals surface area (Å²) in [7, 11) is 0. The molecule has 0 aromatic heterocycles. The second kappa shape index (κ2) is 7.13. The van der Waals surface area contributed by atoms with Crippen molar-refractivity contribution in [3.05, 3.63) is 0 Å². The Kier molecular flexibility index (Phi) is 5.49.